The number of methoxy groups -OCH3 is 3. The third-order valence-corrected chi connectivity index (χ3v) is 5.39. The first kappa shape index (κ1) is 25.2. The van der Waals surface area contributed by atoms with Gasteiger partial charge in [-0.05, 0) is 42.0 Å². The van der Waals surface area contributed by atoms with E-state index >= 15 is 0 Å². The standard InChI is InChI=1S/C27H24FN3O6/c1-34-23-13-18(37-22-10-11-29-21-15-25(36-3)24(35-2)14-19(21)22)8-9-20(23)30-27(33)31-26(32)12-16-4-6-17(28)7-5-16/h4-11,13-15H,12H2,1-3H3,(H2,30,31,32,33). The Bertz CT molecular complexity index is 1440. The van der Waals surface area contributed by atoms with Crippen molar-refractivity contribution in [3.05, 3.63) is 78.2 Å². The molecular weight excluding hydrogens is 481 g/mol. The van der Waals surface area contributed by atoms with Crippen molar-refractivity contribution in [3.63, 3.8) is 0 Å². The SMILES string of the molecule is COc1cc(Oc2ccnc3cc(OC)c(OC)cc23)ccc1NC(=O)NC(=O)Cc1ccc(F)cc1. The van der Waals surface area contributed by atoms with Gasteiger partial charge in [0.25, 0.3) is 0 Å². The number of fused-ring (bicyclic) bond motifs is 1. The van der Waals surface area contributed by atoms with E-state index in [2.05, 4.69) is 15.6 Å². The Morgan fingerprint density at radius 1 is 0.838 bits per heavy atom. The molecular formula is C27H24FN3O6. The quantitative estimate of drug-likeness (QED) is 0.344. The van der Waals surface area contributed by atoms with Crippen molar-refractivity contribution in [2.75, 3.05) is 26.6 Å². The van der Waals surface area contributed by atoms with Crippen molar-refractivity contribution in [1.29, 1.82) is 0 Å². The Hall–Kier alpha value is -4.86. The fourth-order valence-electron chi connectivity index (χ4n) is 3.61. The van der Waals surface area contributed by atoms with Crippen molar-refractivity contribution in [2.45, 2.75) is 6.42 Å². The highest BCUT2D eigenvalue weighted by Gasteiger charge is 2.15. The first-order chi connectivity index (χ1) is 17.9. The van der Waals surface area contributed by atoms with E-state index in [4.69, 9.17) is 18.9 Å². The zero-order valence-electron chi connectivity index (χ0n) is 20.3. The number of rotatable bonds is 8. The molecule has 0 fully saturated rings. The number of carbonyl (C=O) groups excluding carboxylic acids is 2. The van der Waals surface area contributed by atoms with Crippen molar-refractivity contribution < 1.29 is 32.9 Å². The molecule has 0 aliphatic carbocycles. The number of pyridine rings is 1. The second-order valence-electron chi connectivity index (χ2n) is 7.80. The normalized spacial score (nSPS) is 10.5. The molecule has 4 aromatic rings. The second-order valence-corrected chi connectivity index (χ2v) is 7.80. The van der Waals surface area contributed by atoms with Crippen LogP contribution in [0.2, 0.25) is 0 Å². The molecule has 0 spiro atoms. The Kier molecular flexibility index (Phi) is 7.68. The van der Waals surface area contributed by atoms with Gasteiger partial charge < -0.3 is 24.3 Å². The molecule has 0 atom stereocenters. The molecule has 0 aliphatic rings. The van der Waals surface area contributed by atoms with Crippen molar-refractivity contribution in [2.24, 2.45) is 0 Å². The first-order valence-electron chi connectivity index (χ1n) is 11.1. The van der Waals surface area contributed by atoms with Crippen LogP contribution in [0.3, 0.4) is 0 Å². The van der Waals surface area contributed by atoms with Gasteiger partial charge in [0.15, 0.2) is 11.5 Å². The van der Waals surface area contributed by atoms with Crippen LogP contribution in [0, 0.1) is 5.82 Å². The summed E-state index contributed by atoms with van der Waals surface area (Å²) >= 11 is 0. The lowest BCUT2D eigenvalue weighted by Crippen LogP contribution is -2.35. The van der Waals surface area contributed by atoms with Crippen LogP contribution in [-0.2, 0) is 11.2 Å². The van der Waals surface area contributed by atoms with Gasteiger partial charge in [-0.2, -0.15) is 0 Å². The minimum Gasteiger partial charge on any atom is -0.494 e. The topological polar surface area (TPSA) is 108 Å². The maximum absolute atomic E-state index is 13.0. The van der Waals surface area contributed by atoms with Gasteiger partial charge in [0.2, 0.25) is 5.91 Å². The molecule has 0 aliphatic heterocycles. The number of benzene rings is 3. The van der Waals surface area contributed by atoms with Crippen LogP contribution < -0.4 is 29.6 Å². The lowest BCUT2D eigenvalue weighted by atomic mass is 10.1. The molecule has 9 nitrogen and oxygen atoms in total. The van der Waals surface area contributed by atoms with Crippen LogP contribution >= 0.6 is 0 Å². The summed E-state index contributed by atoms with van der Waals surface area (Å²) in [5.74, 6) is 1.42. The lowest BCUT2D eigenvalue weighted by Gasteiger charge is -2.14. The summed E-state index contributed by atoms with van der Waals surface area (Å²) < 4.78 is 35.2. The number of anilines is 1. The summed E-state index contributed by atoms with van der Waals surface area (Å²) in [5.41, 5.74) is 1.56. The van der Waals surface area contributed by atoms with Gasteiger partial charge in [-0.3, -0.25) is 15.1 Å². The molecule has 3 aromatic carbocycles. The van der Waals surface area contributed by atoms with Crippen molar-refractivity contribution >= 4 is 28.5 Å². The number of ether oxygens (including phenoxy) is 4. The van der Waals surface area contributed by atoms with E-state index in [-0.39, 0.29) is 6.42 Å². The molecule has 190 valence electrons. The number of urea groups is 1. The summed E-state index contributed by atoms with van der Waals surface area (Å²) in [6.07, 6.45) is 1.54. The lowest BCUT2D eigenvalue weighted by molar-refractivity contribution is -0.119. The highest BCUT2D eigenvalue weighted by Crippen LogP contribution is 2.38. The van der Waals surface area contributed by atoms with Gasteiger partial charge in [0, 0.05) is 23.7 Å². The predicted octanol–water partition coefficient (Wildman–Crippen LogP) is 5.08. The van der Waals surface area contributed by atoms with E-state index in [1.54, 1.807) is 56.8 Å². The van der Waals surface area contributed by atoms with Gasteiger partial charge in [-0.15, -0.1) is 0 Å². The number of hydrogen-bond acceptors (Lipinski definition) is 7. The number of nitrogens with one attached hydrogen (secondary N) is 2. The van der Waals surface area contributed by atoms with Crippen LogP contribution in [0.5, 0.6) is 28.7 Å². The molecule has 3 amide bonds. The third-order valence-electron chi connectivity index (χ3n) is 5.39. The van der Waals surface area contributed by atoms with Crippen molar-refractivity contribution in [3.8, 4) is 28.7 Å². The van der Waals surface area contributed by atoms with Crippen LogP contribution in [0.25, 0.3) is 10.9 Å². The summed E-state index contributed by atoms with van der Waals surface area (Å²) in [6.45, 7) is 0. The summed E-state index contributed by atoms with van der Waals surface area (Å²) in [7, 11) is 4.54. The molecule has 1 aromatic heterocycles. The van der Waals surface area contributed by atoms with Gasteiger partial charge in [0.05, 0.1) is 39.0 Å². The fourth-order valence-corrected chi connectivity index (χ4v) is 3.61. The molecule has 0 unspecified atom stereocenters. The Balaban J connectivity index is 1.47. The van der Waals surface area contributed by atoms with Crippen LogP contribution in [0.4, 0.5) is 14.9 Å². The first-order valence-corrected chi connectivity index (χ1v) is 11.1. The Morgan fingerprint density at radius 2 is 1.54 bits per heavy atom. The van der Waals surface area contributed by atoms with E-state index in [0.29, 0.717) is 50.9 Å². The molecule has 0 saturated carbocycles. The van der Waals surface area contributed by atoms with Gasteiger partial charge in [0.1, 0.15) is 23.1 Å². The van der Waals surface area contributed by atoms with Gasteiger partial charge in [-0.1, -0.05) is 12.1 Å². The number of aromatic nitrogens is 1. The van der Waals surface area contributed by atoms with Crippen molar-refractivity contribution in [1.82, 2.24) is 10.3 Å². The minimum atomic E-state index is -0.736. The van der Waals surface area contributed by atoms with E-state index < -0.39 is 17.8 Å². The smallest absolute Gasteiger partial charge is 0.325 e. The van der Waals surface area contributed by atoms with Gasteiger partial charge >= 0.3 is 6.03 Å². The summed E-state index contributed by atoms with van der Waals surface area (Å²) in [4.78, 5) is 28.9. The Labute approximate surface area is 212 Å². The number of nitrogens with zero attached hydrogens (tertiary/aromatic N) is 1. The van der Waals surface area contributed by atoms with E-state index in [1.807, 2.05) is 0 Å². The maximum atomic E-state index is 13.0. The third kappa shape index (κ3) is 6.04. The predicted molar refractivity (Wildman–Crippen MR) is 135 cm³/mol. The Morgan fingerprint density at radius 3 is 2.24 bits per heavy atom. The molecule has 1 heterocycles. The minimum absolute atomic E-state index is 0.0752. The fraction of sp³-hybridized carbons (Fsp3) is 0.148. The van der Waals surface area contributed by atoms with E-state index in [0.717, 1.165) is 0 Å². The number of hydrogen-bond donors (Lipinski definition) is 2. The maximum Gasteiger partial charge on any atom is 0.325 e. The average Bonchev–Trinajstić information content (AvgIpc) is 2.90. The van der Waals surface area contributed by atoms with Crippen LogP contribution in [0.1, 0.15) is 5.56 Å². The molecule has 37 heavy (non-hydrogen) atoms. The second kappa shape index (κ2) is 11.3. The number of imide groups is 1. The molecule has 2 N–H and O–H groups in total. The molecule has 0 saturated heterocycles. The zero-order chi connectivity index (χ0) is 26.4. The van der Waals surface area contributed by atoms with Gasteiger partial charge in [-0.25, -0.2) is 9.18 Å². The average molecular weight is 506 g/mol. The summed E-state index contributed by atoms with van der Waals surface area (Å²) in [5, 5.41) is 5.53. The number of halogens is 1. The van der Waals surface area contributed by atoms with Crippen LogP contribution in [-0.4, -0.2) is 38.3 Å². The van der Waals surface area contributed by atoms with Crippen LogP contribution in [0.15, 0.2) is 66.9 Å². The molecule has 4 rings (SSSR count). The van der Waals surface area contributed by atoms with E-state index in [1.165, 1.54) is 31.4 Å². The monoisotopic (exact) mass is 505 g/mol. The zero-order valence-corrected chi connectivity index (χ0v) is 20.3. The number of amides is 3. The highest BCUT2D eigenvalue weighted by molar-refractivity contribution is 6.02. The highest BCUT2D eigenvalue weighted by atomic mass is 19.1. The molecule has 0 radical (unpaired) electrons. The number of carbonyl (C=O) groups is 2. The molecule has 0 bridgehead atoms. The van der Waals surface area contributed by atoms with E-state index in [9.17, 15) is 14.0 Å². The largest absolute Gasteiger partial charge is 0.494 e. The summed E-state index contributed by atoms with van der Waals surface area (Å²) in [6, 6.07) is 14.8. The molecule has 10 heteroatoms.